The first-order chi connectivity index (χ1) is 8.10. The third kappa shape index (κ3) is 2.57. The molecule has 0 bridgehead atoms. The highest BCUT2D eigenvalue weighted by atomic mass is 35.5. The number of fused-ring (bicyclic) bond motifs is 1. The summed E-state index contributed by atoms with van der Waals surface area (Å²) >= 11 is 5.86. The van der Waals surface area contributed by atoms with Crippen molar-refractivity contribution >= 4 is 23.2 Å². The Bertz CT molecular complexity index is 553. The summed E-state index contributed by atoms with van der Waals surface area (Å²) in [5.74, 6) is -0.354. The van der Waals surface area contributed by atoms with Crippen LogP contribution in [0.25, 0.3) is 5.65 Å². The van der Waals surface area contributed by atoms with Gasteiger partial charge in [0.05, 0.1) is 30.3 Å². The molecule has 2 N–H and O–H groups in total. The van der Waals surface area contributed by atoms with E-state index in [1.165, 1.54) is 7.11 Å². The third-order valence-corrected chi connectivity index (χ3v) is 2.65. The van der Waals surface area contributed by atoms with E-state index in [4.69, 9.17) is 17.3 Å². The van der Waals surface area contributed by atoms with Crippen molar-refractivity contribution in [3.63, 3.8) is 0 Å². The first-order valence-electron chi connectivity index (χ1n) is 5.06. The molecule has 6 heteroatoms. The van der Waals surface area contributed by atoms with Gasteiger partial charge in [0.1, 0.15) is 5.65 Å². The molecule has 2 rings (SSSR count). The zero-order valence-electron chi connectivity index (χ0n) is 9.26. The predicted molar refractivity (Wildman–Crippen MR) is 63.8 cm³/mol. The van der Waals surface area contributed by atoms with Crippen LogP contribution in [0.1, 0.15) is 18.2 Å². The quantitative estimate of drug-likeness (QED) is 0.843. The van der Waals surface area contributed by atoms with Crippen LogP contribution in [-0.4, -0.2) is 22.5 Å². The number of nitrogens with two attached hydrogens (primary N) is 1. The van der Waals surface area contributed by atoms with Crippen molar-refractivity contribution in [2.24, 2.45) is 5.73 Å². The van der Waals surface area contributed by atoms with E-state index >= 15 is 0 Å². The zero-order chi connectivity index (χ0) is 12.4. The number of carbonyl (C=O) groups excluding carboxylic acids is 1. The Hall–Kier alpha value is -1.59. The summed E-state index contributed by atoms with van der Waals surface area (Å²) in [6.07, 6.45) is 3.60. The fraction of sp³-hybridized carbons (Fsp3) is 0.273. The second kappa shape index (κ2) is 4.73. The number of imidazole rings is 1. The van der Waals surface area contributed by atoms with Crippen molar-refractivity contribution in [3.05, 3.63) is 35.2 Å². The van der Waals surface area contributed by atoms with Gasteiger partial charge in [0, 0.05) is 12.4 Å². The Balaban J connectivity index is 2.27. The van der Waals surface area contributed by atoms with E-state index in [9.17, 15) is 4.79 Å². The van der Waals surface area contributed by atoms with Crippen LogP contribution in [0, 0.1) is 0 Å². The summed E-state index contributed by atoms with van der Waals surface area (Å²) in [5, 5.41) is 0.614. The maximum absolute atomic E-state index is 11.1. The first kappa shape index (κ1) is 11.9. The van der Waals surface area contributed by atoms with Crippen molar-refractivity contribution in [2.75, 3.05) is 7.11 Å². The molecule has 0 aliphatic carbocycles. The van der Waals surface area contributed by atoms with Crippen molar-refractivity contribution in [1.29, 1.82) is 0 Å². The van der Waals surface area contributed by atoms with Gasteiger partial charge in [-0.25, -0.2) is 4.98 Å². The number of ether oxygens (including phenoxy) is 1. The average molecular weight is 254 g/mol. The molecule has 0 saturated carbocycles. The SMILES string of the molecule is COC(=O)CC(N)c1cn2cc(Cl)ccc2n1. The molecule has 2 heterocycles. The van der Waals surface area contributed by atoms with E-state index in [2.05, 4.69) is 9.72 Å². The lowest BCUT2D eigenvalue weighted by molar-refractivity contribution is -0.141. The molecule has 0 aromatic carbocycles. The van der Waals surface area contributed by atoms with Gasteiger partial charge < -0.3 is 14.9 Å². The zero-order valence-corrected chi connectivity index (χ0v) is 10.0. The van der Waals surface area contributed by atoms with E-state index in [0.29, 0.717) is 10.7 Å². The Morgan fingerprint density at radius 1 is 1.59 bits per heavy atom. The number of hydrogen-bond acceptors (Lipinski definition) is 4. The molecule has 0 fully saturated rings. The smallest absolute Gasteiger partial charge is 0.307 e. The standard InChI is InChI=1S/C11H12ClN3O2/c1-17-11(16)4-8(13)9-6-15-5-7(12)2-3-10(15)14-9/h2-3,5-6,8H,4,13H2,1H3. The minimum Gasteiger partial charge on any atom is -0.469 e. The number of aromatic nitrogens is 2. The minimum atomic E-state index is -0.471. The first-order valence-corrected chi connectivity index (χ1v) is 5.44. The lowest BCUT2D eigenvalue weighted by atomic mass is 10.2. The topological polar surface area (TPSA) is 69.6 Å². The van der Waals surface area contributed by atoms with Crippen molar-refractivity contribution in [1.82, 2.24) is 9.38 Å². The van der Waals surface area contributed by atoms with Gasteiger partial charge in [-0.05, 0) is 12.1 Å². The van der Waals surface area contributed by atoms with Gasteiger partial charge in [-0.1, -0.05) is 11.6 Å². The number of pyridine rings is 1. The third-order valence-electron chi connectivity index (χ3n) is 2.43. The fourth-order valence-corrected chi connectivity index (χ4v) is 1.70. The van der Waals surface area contributed by atoms with E-state index in [-0.39, 0.29) is 12.4 Å². The van der Waals surface area contributed by atoms with Crippen molar-refractivity contribution in [2.45, 2.75) is 12.5 Å². The molecule has 1 atom stereocenters. The van der Waals surface area contributed by atoms with Gasteiger partial charge in [0.25, 0.3) is 0 Å². The normalized spacial score (nSPS) is 12.6. The molecule has 1 unspecified atom stereocenters. The van der Waals surface area contributed by atoms with Crippen LogP contribution in [0.15, 0.2) is 24.5 Å². The number of methoxy groups -OCH3 is 1. The summed E-state index contributed by atoms with van der Waals surface area (Å²) in [7, 11) is 1.33. The Morgan fingerprint density at radius 3 is 3.06 bits per heavy atom. The molecule has 0 aliphatic rings. The van der Waals surface area contributed by atoms with E-state index in [1.807, 2.05) is 0 Å². The van der Waals surface area contributed by atoms with E-state index in [0.717, 1.165) is 5.65 Å². The molecule has 0 saturated heterocycles. The molecule has 0 radical (unpaired) electrons. The lowest BCUT2D eigenvalue weighted by Gasteiger charge is -2.05. The minimum absolute atomic E-state index is 0.105. The van der Waals surface area contributed by atoms with Crippen LogP contribution in [0.3, 0.4) is 0 Å². The summed E-state index contributed by atoms with van der Waals surface area (Å²) in [6.45, 7) is 0. The van der Waals surface area contributed by atoms with Gasteiger partial charge >= 0.3 is 5.97 Å². The fourth-order valence-electron chi connectivity index (χ4n) is 1.53. The molecule has 2 aromatic rings. The van der Waals surface area contributed by atoms with Gasteiger partial charge in [-0.2, -0.15) is 0 Å². The highest BCUT2D eigenvalue weighted by Crippen LogP contribution is 2.17. The predicted octanol–water partition coefficient (Wildman–Crippen LogP) is 1.55. The highest BCUT2D eigenvalue weighted by molar-refractivity contribution is 6.30. The van der Waals surface area contributed by atoms with Gasteiger partial charge in [0.15, 0.2) is 0 Å². The van der Waals surface area contributed by atoms with E-state index in [1.54, 1.807) is 28.9 Å². The van der Waals surface area contributed by atoms with Crippen molar-refractivity contribution < 1.29 is 9.53 Å². The molecule has 2 aromatic heterocycles. The number of esters is 1. The molecule has 0 spiro atoms. The summed E-state index contributed by atoms with van der Waals surface area (Å²) in [6, 6.07) is 3.07. The maximum Gasteiger partial charge on any atom is 0.307 e. The van der Waals surface area contributed by atoms with Crippen LogP contribution < -0.4 is 5.73 Å². The molecule has 0 aliphatic heterocycles. The van der Waals surface area contributed by atoms with Crippen LogP contribution in [0.2, 0.25) is 5.02 Å². The maximum atomic E-state index is 11.1. The molecule has 90 valence electrons. The van der Waals surface area contributed by atoms with Gasteiger partial charge in [-0.15, -0.1) is 0 Å². The summed E-state index contributed by atoms with van der Waals surface area (Å²) in [5.41, 5.74) is 7.24. The Labute approximate surface area is 103 Å². The molecule has 5 nitrogen and oxygen atoms in total. The van der Waals surface area contributed by atoms with Crippen LogP contribution in [0.4, 0.5) is 0 Å². The Kier molecular flexibility index (Phi) is 3.31. The molecule has 17 heavy (non-hydrogen) atoms. The number of carbonyl (C=O) groups is 1. The van der Waals surface area contributed by atoms with Crippen LogP contribution in [0.5, 0.6) is 0 Å². The van der Waals surface area contributed by atoms with Crippen LogP contribution >= 0.6 is 11.6 Å². The largest absolute Gasteiger partial charge is 0.469 e. The second-order valence-electron chi connectivity index (χ2n) is 3.67. The Morgan fingerprint density at radius 2 is 2.35 bits per heavy atom. The van der Waals surface area contributed by atoms with Crippen LogP contribution in [-0.2, 0) is 9.53 Å². The number of halogens is 1. The monoisotopic (exact) mass is 253 g/mol. The lowest BCUT2D eigenvalue weighted by Crippen LogP contribution is -2.16. The van der Waals surface area contributed by atoms with Gasteiger partial charge in [0.2, 0.25) is 0 Å². The van der Waals surface area contributed by atoms with Gasteiger partial charge in [-0.3, -0.25) is 4.79 Å². The number of nitrogens with zero attached hydrogens (tertiary/aromatic N) is 2. The van der Waals surface area contributed by atoms with E-state index < -0.39 is 6.04 Å². The van der Waals surface area contributed by atoms with Crippen molar-refractivity contribution in [3.8, 4) is 0 Å². The highest BCUT2D eigenvalue weighted by Gasteiger charge is 2.15. The average Bonchev–Trinajstić information content (AvgIpc) is 2.71. The number of hydrogen-bond donors (Lipinski definition) is 1. The summed E-state index contributed by atoms with van der Waals surface area (Å²) < 4.78 is 6.33. The molecular weight excluding hydrogens is 242 g/mol. The second-order valence-corrected chi connectivity index (χ2v) is 4.10. The molecule has 0 amide bonds. The number of rotatable bonds is 3. The summed E-state index contributed by atoms with van der Waals surface area (Å²) in [4.78, 5) is 15.4. The molecular formula is C11H12ClN3O2.